The van der Waals surface area contributed by atoms with Crippen LogP contribution in [0.4, 0.5) is 0 Å². The Morgan fingerprint density at radius 3 is 2.68 bits per heavy atom. The Bertz CT molecular complexity index is 645. The van der Waals surface area contributed by atoms with Gasteiger partial charge in [0.2, 0.25) is 0 Å². The first-order chi connectivity index (χ1) is 8.84. The van der Waals surface area contributed by atoms with E-state index in [9.17, 15) is 9.59 Å². The number of rotatable bonds is 3. The fourth-order valence-electron chi connectivity index (χ4n) is 1.66. The maximum absolute atomic E-state index is 12.3. The van der Waals surface area contributed by atoms with E-state index < -0.39 is 11.5 Å². The van der Waals surface area contributed by atoms with Crippen LogP contribution in [-0.2, 0) is 4.79 Å². The number of carboxylic acid groups (broad SMARTS) is 1. The fraction of sp³-hybridized carbons (Fsp3) is 0.308. The van der Waals surface area contributed by atoms with Gasteiger partial charge in [-0.2, -0.15) is 5.10 Å². The quantitative estimate of drug-likeness (QED) is 0.876. The number of H-pyrrole nitrogens is 1. The molecule has 0 aliphatic heterocycles. The van der Waals surface area contributed by atoms with E-state index in [1.165, 1.54) is 25.8 Å². The molecule has 1 heterocycles. The number of carbonyl (C=O) groups excluding carboxylic acids is 1. The SMILES string of the molecule is CN(C(=O)c1ccc2cn[nH]c2c1)C(C)(C)C(=O)O. The maximum Gasteiger partial charge on any atom is 0.329 e. The van der Waals surface area contributed by atoms with Crippen LogP contribution in [0.15, 0.2) is 24.4 Å². The number of benzene rings is 1. The highest BCUT2D eigenvalue weighted by Crippen LogP contribution is 2.19. The van der Waals surface area contributed by atoms with Crippen LogP contribution in [0.5, 0.6) is 0 Å². The first-order valence-electron chi connectivity index (χ1n) is 5.78. The molecule has 0 radical (unpaired) electrons. The zero-order valence-electron chi connectivity index (χ0n) is 11.0. The summed E-state index contributed by atoms with van der Waals surface area (Å²) in [5.41, 5.74) is -0.0963. The maximum atomic E-state index is 12.3. The molecule has 19 heavy (non-hydrogen) atoms. The van der Waals surface area contributed by atoms with Gasteiger partial charge < -0.3 is 10.0 Å². The highest BCUT2D eigenvalue weighted by Gasteiger charge is 2.35. The van der Waals surface area contributed by atoms with Gasteiger partial charge in [0.05, 0.1) is 11.7 Å². The second-order valence-corrected chi connectivity index (χ2v) is 4.90. The third kappa shape index (κ3) is 2.16. The fourth-order valence-corrected chi connectivity index (χ4v) is 1.66. The normalized spacial score (nSPS) is 11.5. The number of hydrogen-bond acceptors (Lipinski definition) is 3. The highest BCUT2D eigenvalue weighted by molar-refractivity contribution is 6.00. The number of nitrogens with zero attached hydrogens (tertiary/aromatic N) is 2. The van der Waals surface area contributed by atoms with Crippen molar-refractivity contribution in [2.75, 3.05) is 7.05 Å². The molecular formula is C13H15N3O3. The Hall–Kier alpha value is -2.37. The standard InChI is InChI=1S/C13H15N3O3/c1-13(2,12(18)19)16(3)11(17)8-4-5-9-7-14-15-10(9)6-8/h4-7H,1-3H3,(H,14,15)(H,18,19). The largest absolute Gasteiger partial charge is 0.480 e. The van der Waals surface area contributed by atoms with Gasteiger partial charge in [-0.3, -0.25) is 9.89 Å². The number of carboxylic acids is 1. The van der Waals surface area contributed by atoms with Crippen molar-refractivity contribution in [2.45, 2.75) is 19.4 Å². The van der Waals surface area contributed by atoms with Gasteiger partial charge in [0.25, 0.3) is 5.91 Å². The predicted molar refractivity (Wildman–Crippen MR) is 69.9 cm³/mol. The van der Waals surface area contributed by atoms with Gasteiger partial charge in [0.1, 0.15) is 5.54 Å². The summed E-state index contributed by atoms with van der Waals surface area (Å²) < 4.78 is 0. The summed E-state index contributed by atoms with van der Waals surface area (Å²) >= 11 is 0. The second-order valence-electron chi connectivity index (χ2n) is 4.90. The van der Waals surface area contributed by atoms with Crippen LogP contribution in [0, 0.1) is 0 Å². The lowest BCUT2D eigenvalue weighted by molar-refractivity contribution is -0.147. The van der Waals surface area contributed by atoms with E-state index >= 15 is 0 Å². The monoisotopic (exact) mass is 261 g/mol. The molecule has 1 aromatic carbocycles. The van der Waals surface area contributed by atoms with Crippen molar-refractivity contribution >= 4 is 22.8 Å². The lowest BCUT2D eigenvalue weighted by atomic mass is 10.0. The van der Waals surface area contributed by atoms with Crippen molar-refractivity contribution < 1.29 is 14.7 Å². The molecule has 6 heteroatoms. The van der Waals surface area contributed by atoms with Crippen LogP contribution in [0.3, 0.4) is 0 Å². The summed E-state index contributed by atoms with van der Waals surface area (Å²) in [6.45, 7) is 2.98. The minimum absolute atomic E-state index is 0.344. The molecule has 6 nitrogen and oxygen atoms in total. The Labute approximate surface area is 110 Å². The first-order valence-corrected chi connectivity index (χ1v) is 5.78. The Kier molecular flexibility index (Phi) is 3.01. The van der Waals surface area contributed by atoms with Crippen molar-refractivity contribution in [1.82, 2.24) is 15.1 Å². The van der Waals surface area contributed by atoms with E-state index in [1.54, 1.807) is 24.4 Å². The summed E-state index contributed by atoms with van der Waals surface area (Å²) in [7, 11) is 1.48. The van der Waals surface area contributed by atoms with E-state index in [-0.39, 0.29) is 5.91 Å². The molecule has 0 spiro atoms. The molecule has 2 aromatic rings. The first kappa shape index (κ1) is 13.1. The van der Waals surface area contributed by atoms with Gasteiger partial charge in [-0.25, -0.2) is 4.79 Å². The van der Waals surface area contributed by atoms with E-state index in [2.05, 4.69) is 10.2 Å². The van der Waals surface area contributed by atoms with Gasteiger partial charge in [-0.15, -0.1) is 0 Å². The van der Waals surface area contributed by atoms with Gasteiger partial charge >= 0.3 is 5.97 Å². The third-order valence-corrected chi connectivity index (χ3v) is 3.36. The second kappa shape index (κ2) is 4.38. The predicted octanol–water partition coefficient (Wildman–Crippen LogP) is 1.50. The summed E-state index contributed by atoms with van der Waals surface area (Å²) in [4.78, 5) is 24.7. The number of carbonyl (C=O) groups is 2. The minimum atomic E-state index is -1.26. The van der Waals surface area contributed by atoms with Gasteiger partial charge in [0, 0.05) is 18.0 Å². The number of likely N-dealkylation sites (N-methyl/N-ethyl adjacent to an activating group) is 1. The average molecular weight is 261 g/mol. The van der Waals surface area contributed by atoms with Gasteiger partial charge in [-0.05, 0) is 26.0 Å². The number of aliphatic carboxylic acids is 1. The highest BCUT2D eigenvalue weighted by atomic mass is 16.4. The zero-order valence-corrected chi connectivity index (χ0v) is 11.0. The van der Waals surface area contributed by atoms with Gasteiger partial charge in [0.15, 0.2) is 0 Å². The molecule has 1 amide bonds. The van der Waals surface area contributed by atoms with Crippen LogP contribution in [0.1, 0.15) is 24.2 Å². The number of hydrogen-bond donors (Lipinski definition) is 2. The summed E-state index contributed by atoms with van der Waals surface area (Å²) in [5, 5.41) is 16.7. The Morgan fingerprint density at radius 2 is 2.05 bits per heavy atom. The van der Waals surface area contributed by atoms with Crippen LogP contribution < -0.4 is 0 Å². The molecule has 0 saturated carbocycles. The lowest BCUT2D eigenvalue weighted by Crippen LogP contribution is -2.50. The number of aromatic nitrogens is 2. The number of amides is 1. The van der Waals surface area contributed by atoms with E-state index in [0.29, 0.717) is 5.56 Å². The van der Waals surface area contributed by atoms with Crippen molar-refractivity contribution in [3.63, 3.8) is 0 Å². The average Bonchev–Trinajstić information content (AvgIpc) is 2.83. The van der Waals surface area contributed by atoms with Crippen LogP contribution in [0.2, 0.25) is 0 Å². The molecular weight excluding hydrogens is 246 g/mol. The lowest BCUT2D eigenvalue weighted by Gasteiger charge is -2.31. The molecule has 0 saturated heterocycles. The van der Waals surface area contributed by atoms with Crippen molar-refractivity contribution in [3.8, 4) is 0 Å². The van der Waals surface area contributed by atoms with Crippen LogP contribution >= 0.6 is 0 Å². The molecule has 2 N–H and O–H groups in total. The number of nitrogens with one attached hydrogen (secondary N) is 1. The molecule has 100 valence electrons. The van der Waals surface area contributed by atoms with Crippen molar-refractivity contribution in [1.29, 1.82) is 0 Å². The number of fused-ring (bicyclic) bond motifs is 1. The van der Waals surface area contributed by atoms with Crippen molar-refractivity contribution in [3.05, 3.63) is 30.0 Å². The summed E-state index contributed by atoms with van der Waals surface area (Å²) in [6, 6.07) is 5.10. The molecule has 0 unspecified atom stereocenters. The molecule has 0 aliphatic rings. The molecule has 0 aliphatic carbocycles. The Balaban J connectivity index is 2.35. The molecule has 0 atom stereocenters. The molecule has 1 aromatic heterocycles. The summed E-state index contributed by atoms with van der Waals surface area (Å²) in [6.07, 6.45) is 1.66. The van der Waals surface area contributed by atoms with Crippen LogP contribution in [0.25, 0.3) is 10.9 Å². The molecule has 2 rings (SSSR count). The molecule has 0 bridgehead atoms. The summed E-state index contributed by atoms with van der Waals surface area (Å²) in [5.74, 6) is -1.39. The van der Waals surface area contributed by atoms with Gasteiger partial charge in [-0.1, -0.05) is 6.07 Å². The number of aromatic amines is 1. The minimum Gasteiger partial charge on any atom is -0.480 e. The van der Waals surface area contributed by atoms with E-state index in [4.69, 9.17) is 5.11 Å². The Morgan fingerprint density at radius 1 is 1.37 bits per heavy atom. The third-order valence-electron chi connectivity index (χ3n) is 3.36. The van der Waals surface area contributed by atoms with E-state index in [0.717, 1.165) is 10.9 Å². The topological polar surface area (TPSA) is 86.3 Å². The molecule has 0 fully saturated rings. The zero-order chi connectivity index (χ0) is 14.2. The van der Waals surface area contributed by atoms with E-state index in [1.807, 2.05) is 0 Å². The van der Waals surface area contributed by atoms with Crippen LogP contribution in [-0.4, -0.2) is 44.7 Å². The smallest absolute Gasteiger partial charge is 0.329 e. The van der Waals surface area contributed by atoms with Crippen molar-refractivity contribution in [2.24, 2.45) is 0 Å².